The first-order valence-corrected chi connectivity index (χ1v) is 26.4. The van der Waals surface area contributed by atoms with Crippen LogP contribution in [0.15, 0.2) is 30.3 Å². The lowest BCUT2D eigenvalue weighted by molar-refractivity contribution is -0.155. The van der Waals surface area contributed by atoms with Crippen molar-refractivity contribution in [1.82, 2.24) is 36.0 Å². The highest BCUT2D eigenvalue weighted by Crippen LogP contribution is 2.31. The Hall–Kier alpha value is -5.32. The summed E-state index contributed by atoms with van der Waals surface area (Å²) in [6, 6.07) is 0.768. The molecular weight excluding hydrogens is 967 g/mol. The predicted octanol–water partition coefficient (Wildman–Crippen LogP) is 0.241. The van der Waals surface area contributed by atoms with E-state index >= 15 is 0 Å². The van der Waals surface area contributed by atoms with Crippen LogP contribution in [0.1, 0.15) is 101 Å². The van der Waals surface area contributed by atoms with Crippen LogP contribution in [-0.2, 0) is 59.1 Å². The summed E-state index contributed by atoms with van der Waals surface area (Å²) >= 11 is 8.44. The monoisotopic (exact) mass is 1040 g/mol. The van der Waals surface area contributed by atoms with Gasteiger partial charge in [0, 0.05) is 62.2 Å². The van der Waals surface area contributed by atoms with Gasteiger partial charge in [-0.2, -0.15) is 25.3 Å². The molecule has 0 aromatic heterocycles. The molecule has 2 unspecified atom stereocenters. The normalized spacial score (nSPS) is 25.6. The fraction of sp³-hybridized carbons (Fsp3) is 0.640. The number of hydrogen-bond acceptors (Lipinski definition) is 15. The molecule has 1 aliphatic carbocycles. The molecule has 3 saturated heterocycles. The van der Waals surface area contributed by atoms with E-state index in [1.54, 1.807) is 0 Å². The van der Waals surface area contributed by atoms with Crippen molar-refractivity contribution in [1.29, 1.82) is 0 Å². The van der Waals surface area contributed by atoms with Crippen molar-refractivity contribution in [2.45, 2.75) is 133 Å². The Morgan fingerprint density at radius 2 is 1.53 bits per heavy atom. The highest BCUT2D eigenvalue weighted by Gasteiger charge is 2.41. The molecule has 0 radical (unpaired) electrons. The van der Waals surface area contributed by atoms with Gasteiger partial charge in [0.25, 0.3) is 5.91 Å². The van der Waals surface area contributed by atoms with E-state index in [9.17, 15) is 47.9 Å². The van der Waals surface area contributed by atoms with E-state index in [0.717, 1.165) is 16.7 Å². The number of esters is 1. The zero-order valence-electron chi connectivity index (χ0n) is 41.4. The number of allylic oxidation sites excluding steroid dienone is 1. The minimum Gasteiger partial charge on any atom is -0.454 e. The average molecular weight is 1040 g/mol. The van der Waals surface area contributed by atoms with Crippen LogP contribution >= 0.6 is 25.3 Å². The standard InChI is InChI=1S/C50H73N9O11S2/c1-57(2)20-8-6-13-32-24-41(60)38(29-72)54-43(62)26-36(49(68)59-22-10-16-40(59)45(52)64)55-46(65)33(12-5-7-19-53-48(67)35(51)28-71)25-42(61)39-15-9-21-58(39)44(63)27-70-50(69)37(56-47(32)66)23-31-18-17-30-11-3-4-14-34(30)31/h3-4,11,14,18,32-33,35-40,71-72H,5-10,12-13,15-17,19-29,51H2,1-2H3,(H2,52,64)(H,53,67)(H,54,62)(H,55,65)(H,56,66)/t32-,33?,35?,36+,37+,38+,39+,40+/m1/s1. The third kappa shape index (κ3) is 16.3. The summed E-state index contributed by atoms with van der Waals surface area (Å²) in [7, 11) is 3.83. The van der Waals surface area contributed by atoms with Crippen LogP contribution in [-0.4, -0.2) is 168 Å². The van der Waals surface area contributed by atoms with E-state index in [1.807, 2.05) is 49.3 Å². The molecule has 396 valence electrons. The van der Waals surface area contributed by atoms with Crippen LogP contribution in [0.4, 0.5) is 0 Å². The summed E-state index contributed by atoms with van der Waals surface area (Å²) in [5, 5.41) is 10.9. The number of thiol groups is 2. The van der Waals surface area contributed by atoms with Crippen molar-refractivity contribution in [3.63, 3.8) is 0 Å². The number of Topliss-reactive ketones (excluding diaryl/α,β-unsaturated/α-hetero) is 2. The molecule has 22 heteroatoms. The fourth-order valence-electron chi connectivity index (χ4n) is 9.83. The van der Waals surface area contributed by atoms with Gasteiger partial charge < -0.3 is 52.2 Å². The molecule has 0 spiro atoms. The average Bonchev–Trinajstić information content (AvgIpc) is 4.15. The number of fused-ring (bicyclic) bond motifs is 2. The Morgan fingerprint density at radius 1 is 0.847 bits per heavy atom. The van der Waals surface area contributed by atoms with Gasteiger partial charge in [0.05, 0.1) is 24.5 Å². The molecule has 0 saturated carbocycles. The highest BCUT2D eigenvalue weighted by molar-refractivity contribution is 7.80. The topological polar surface area (TPSA) is 290 Å². The van der Waals surface area contributed by atoms with Gasteiger partial charge >= 0.3 is 5.97 Å². The number of primary amides is 1. The number of nitrogens with zero attached hydrogens (tertiary/aromatic N) is 3. The van der Waals surface area contributed by atoms with Gasteiger partial charge in [0.15, 0.2) is 18.2 Å². The summed E-state index contributed by atoms with van der Waals surface area (Å²) in [6.07, 6.45) is 4.85. The van der Waals surface area contributed by atoms with E-state index in [0.29, 0.717) is 51.5 Å². The lowest BCUT2D eigenvalue weighted by atomic mass is 9.91. The van der Waals surface area contributed by atoms with Crippen molar-refractivity contribution in [2.75, 3.05) is 58.4 Å². The molecule has 4 aliphatic rings. The van der Waals surface area contributed by atoms with Crippen LogP contribution in [0.2, 0.25) is 0 Å². The number of hydrogen-bond donors (Lipinski definition) is 8. The molecule has 1 aromatic carbocycles. The molecule has 7 amide bonds. The molecule has 3 heterocycles. The molecule has 8 N–H and O–H groups in total. The number of carbonyl (C=O) groups is 10. The summed E-state index contributed by atoms with van der Waals surface area (Å²) in [6.45, 7) is 0.459. The van der Waals surface area contributed by atoms with Crippen LogP contribution in [0, 0.1) is 11.8 Å². The number of carbonyl (C=O) groups excluding carboxylic acids is 10. The first kappa shape index (κ1) is 57.6. The zero-order chi connectivity index (χ0) is 52.5. The minimum atomic E-state index is -1.57. The van der Waals surface area contributed by atoms with E-state index in [4.69, 9.17) is 16.2 Å². The summed E-state index contributed by atoms with van der Waals surface area (Å²) < 4.78 is 5.66. The maximum absolute atomic E-state index is 14.5. The third-order valence-corrected chi connectivity index (χ3v) is 14.6. The van der Waals surface area contributed by atoms with Crippen molar-refractivity contribution < 1.29 is 52.7 Å². The quantitative estimate of drug-likeness (QED) is 0.0591. The van der Waals surface area contributed by atoms with E-state index in [1.165, 1.54) is 9.80 Å². The van der Waals surface area contributed by atoms with Crippen LogP contribution in [0.3, 0.4) is 0 Å². The number of ketones is 2. The van der Waals surface area contributed by atoms with E-state index in [-0.39, 0.29) is 76.1 Å². The Labute approximate surface area is 432 Å². The number of rotatable bonds is 17. The Balaban J connectivity index is 1.48. The van der Waals surface area contributed by atoms with E-state index in [2.05, 4.69) is 46.5 Å². The molecule has 5 rings (SSSR count). The molecule has 8 atom stereocenters. The van der Waals surface area contributed by atoms with Gasteiger partial charge in [0.1, 0.15) is 18.1 Å². The van der Waals surface area contributed by atoms with Crippen LogP contribution in [0.5, 0.6) is 0 Å². The number of ether oxygens (including phenoxy) is 1. The summed E-state index contributed by atoms with van der Waals surface area (Å²) in [5.74, 6) is -8.79. The van der Waals surface area contributed by atoms with Crippen molar-refractivity contribution in [2.24, 2.45) is 23.3 Å². The number of nitrogens with one attached hydrogen (secondary N) is 4. The van der Waals surface area contributed by atoms with Crippen molar-refractivity contribution >= 4 is 89.7 Å². The molecule has 20 nitrogen and oxygen atoms in total. The van der Waals surface area contributed by atoms with Gasteiger partial charge in [-0.25, -0.2) is 4.79 Å². The molecule has 1 aromatic rings. The molecule has 3 fully saturated rings. The molecule has 0 bridgehead atoms. The number of likely N-dealkylation sites (tertiary alicyclic amines) is 1. The number of cyclic esters (lactones) is 1. The highest BCUT2D eigenvalue weighted by atomic mass is 32.1. The second-order valence-electron chi connectivity index (χ2n) is 19.5. The largest absolute Gasteiger partial charge is 0.454 e. The second kappa shape index (κ2) is 28.2. The van der Waals surface area contributed by atoms with Gasteiger partial charge in [-0.3, -0.25) is 43.2 Å². The van der Waals surface area contributed by atoms with Gasteiger partial charge in [-0.05, 0) is 95.1 Å². The van der Waals surface area contributed by atoms with Gasteiger partial charge in [-0.15, -0.1) is 0 Å². The summed E-state index contributed by atoms with van der Waals surface area (Å²) in [4.78, 5) is 143. The SMILES string of the molecule is CN(C)CCCC[C@@H]1CC(=O)[C@H](CS)NC(=O)C[C@@H](C(=O)N2CCC[C@H]2C(N)=O)NC(=O)C(CCCCNC(=O)C(N)CS)CC(=O)[C@@H]2CCCN2C(=O)COC(=O)[C@H](CC2=CCc3ccccc32)NC1=O. The second-order valence-corrected chi connectivity index (χ2v) is 20.2. The smallest absolute Gasteiger partial charge is 0.329 e. The van der Waals surface area contributed by atoms with Crippen LogP contribution in [0.25, 0.3) is 5.57 Å². The fourth-order valence-corrected chi connectivity index (χ4v) is 10.3. The Kier molecular flexibility index (Phi) is 22.6. The van der Waals surface area contributed by atoms with Crippen molar-refractivity contribution in [3.8, 4) is 0 Å². The lowest BCUT2D eigenvalue weighted by Crippen LogP contribution is -2.56. The van der Waals surface area contributed by atoms with E-state index < -0.39 is 120 Å². The first-order chi connectivity index (χ1) is 34.4. The zero-order valence-corrected chi connectivity index (χ0v) is 43.2. The lowest BCUT2D eigenvalue weighted by Gasteiger charge is -2.30. The molecule has 72 heavy (non-hydrogen) atoms. The van der Waals surface area contributed by atoms with Gasteiger partial charge in [-0.1, -0.05) is 43.2 Å². The number of amides is 7. The number of benzene rings is 1. The Morgan fingerprint density at radius 3 is 2.22 bits per heavy atom. The van der Waals surface area contributed by atoms with Gasteiger partial charge in [0.2, 0.25) is 35.4 Å². The summed E-state index contributed by atoms with van der Waals surface area (Å²) in [5.41, 5.74) is 14.2. The predicted molar refractivity (Wildman–Crippen MR) is 274 cm³/mol. The third-order valence-electron chi connectivity index (χ3n) is 13.9. The number of nitrogens with two attached hydrogens (primary N) is 2. The van der Waals surface area contributed by atoms with Crippen molar-refractivity contribution in [3.05, 3.63) is 41.5 Å². The maximum Gasteiger partial charge on any atom is 0.329 e. The molecule has 3 aliphatic heterocycles. The maximum atomic E-state index is 14.5. The minimum absolute atomic E-state index is 0.0216. The first-order valence-electron chi connectivity index (χ1n) is 25.1. The number of unbranched alkanes of at least 4 members (excludes halogenated alkanes) is 2. The van der Waals surface area contributed by atoms with Crippen LogP contribution < -0.4 is 32.7 Å². The Bertz CT molecular complexity index is 2190. The molecular formula is C50H73N9O11S2.